The Kier molecular flexibility index (Phi) is 5.17. The van der Waals surface area contributed by atoms with Crippen LogP contribution in [0.15, 0.2) is 140 Å². The van der Waals surface area contributed by atoms with Crippen molar-refractivity contribution in [1.29, 1.82) is 0 Å². The van der Waals surface area contributed by atoms with E-state index >= 15 is 0 Å². The van der Waals surface area contributed by atoms with Crippen molar-refractivity contribution in [2.75, 3.05) is 10.2 Å². The third-order valence-electron chi connectivity index (χ3n) is 6.19. The van der Waals surface area contributed by atoms with Gasteiger partial charge < -0.3 is 10.2 Å². The molecule has 6 aromatic carbocycles. The lowest BCUT2D eigenvalue weighted by molar-refractivity contribution is 1.30. The molecule has 0 radical (unpaired) electrons. The number of nitrogens with one attached hydrogen (secondary N) is 1. The number of para-hydroxylation sites is 1. The van der Waals surface area contributed by atoms with Crippen molar-refractivity contribution >= 4 is 50.0 Å². The van der Waals surface area contributed by atoms with E-state index in [0.717, 1.165) is 22.7 Å². The van der Waals surface area contributed by atoms with Crippen molar-refractivity contribution in [3.8, 4) is 0 Å². The Bertz CT molecular complexity index is 1570. The topological polar surface area (TPSA) is 15.3 Å². The Morgan fingerprint density at radius 2 is 1.03 bits per heavy atom. The van der Waals surface area contributed by atoms with Gasteiger partial charge in [0.2, 0.25) is 0 Å². The highest BCUT2D eigenvalue weighted by molar-refractivity contribution is 5.99. The highest BCUT2D eigenvalue weighted by Crippen LogP contribution is 2.39. The van der Waals surface area contributed by atoms with Crippen molar-refractivity contribution in [1.82, 2.24) is 0 Å². The van der Waals surface area contributed by atoms with Crippen molar-refractivity contribution in [2.24, 2.45) is 0 Å². The monoisotopic (exact) mass is 436 g/mol. The summed E-state index contributed by atoms with van der Waals surface area (Å²) in [6, 6.07) is 49.1. The Morgan fingerprint density at radius 3 is 1.85 bits per heavy atom. The highest BCUT2D eigenvalue weighted by atomic mass is 15.1. The first-order valence-electron chi connectivity index (χ1n) is 11.5. The molecule has 0 unspecified atom stereocenters. The molecule has 0 aromatic heterocycles. The number of nitrogens with zero attached hydrogens (tertiary/aromatic N) is 1. The fourth-order valence-corrected chi connectivity index (χ4v) is 4.54. The standard InChI is InChI=1S/C32H24N2/c1-2-13-29(14-3-1)34(32-16-8-12-25-10-6-7-15-31(25)32)30-21-19-27(20-22-30)33-28-18-17-24-9-4-5-11-26(24)23-28/h1-23,33H. The molecule has 0 aliphatic heterocycles. The predicted octanol–water partition coefficient (Wildman–Crippen LogP) is 9.21. The summed E-state index contributed by atoms with van der Waals surface area (Å²) in [6.45, 7) is 0. The van der Waals surface area contributed by atoms with Gasteiger partial charge in [-0.05, 0) is 70.8 Å². The number of benzene rings is 6. The fourth-order valence-electron chi connectivity index (χ4n) is 4.54. The van der Waals surface area contributed by atoms with Crippen LogP contribution in [0.1, 0.15) is 0 Å². The van der Waals surface area contributed by atoms with Gasteiger partial charge in [0.05, 0.1) is 5.69 Å². The Balaban J connectivity index is 1.38. The molecule has 0 heterocycles. The molecule has 162 valence electrons. The molecule has 0 fully saturated rings. The van der Waals surface area contributed by atoms with Gasteiger partial charge in [-0.2, -0.15) is 0 Å². The highest BCUT2D eigenvalue weighted by Gasteiger charge is 2.14. The van der Waals surface area contributed by atoms with Crippen LogP contribution in [0.5, 0.6) is 0 Å². The zero-order chi connectivity index (χ0) is 22.7. The normalized spacial score (nSPS) is 10.9. The maximum Gasteiger partial charge on any atom is 0.0540 e. The van der Waals surface area contributed by atoms with Gasteiger partial charge in [0.25, 0.3) is 0 Å². The molecular weight excluding hydrogens is 412 g/mol. The largest absolute Gasteiger partial charge is 0.356 e. The van der Waals surface area contributed by atoms with E-state index in [1.807, 2.05) is 0 Å². The van der Waals surface area contributed by atoms with Crippen molar-refractivity contribution in [3.63, 3.8) is 0 Å². The minimum Gasteiger partial charge on any atom is -0.356 e. The van der Waals surface area contributed by atoms with Gasteiger partial charge in [-0.15, -0.1) is 0 Å². The summed E-state index contributed by atoms with van der Waals surface area (Å²) in [7, 11) is 0. The van der Waals surface area contributed by atoms with Crippen molar-refractivity contribution in [3.05, 3.63) is 140 Å². The average Bonchev–Trinajstić information content (AvgIpc) is 2.90. The lowest BCUT2D eigenvalue weighted by Crippen LogP contribution is -2.10. The first kappa shape index (κ1) is 20.1. The van der Waals surface area contributed by atoms with E-state index in [1.54, 1.807) is 0 Å². The van der Waals surface area contributed by atoms with E-state index in [2.05, 4.69) is 150 Å². The summed E-state index contributed by atoms with van der Waals surface area (Å²) in [4.78, 5) is 2.32. The molecule has 1 N–H and O–H groups in total. The second kappa shape index (κ2) is 8.76. The zero-order valence-corrected chi connectivity index (χ0v) is 18.7. The Labute approximate surface area is 199 Å². The van der Waals surface area contributed by atoms with Crippen LogP contribution in [-0.4, -0.2) is 0 Å². The van der Waals surface area contributed by atoms with Gasteiger partial charge in [0, 0.05) is 28.1 Å². The molecule has 2 heteroatoms. The Hall–Kier alpha value is -4.56. The van der Waals surface area contributed by atoms with Gasteiger partial charge in [-0.25, -0.2) is 0 Å². The van der Waals surface area contributed by atoms with Gasteiger partial charge in [0.15, 0.2) is 0 Å². The molecule has 0 saturated heterocycles. The Morgan fingerprint density at radius 1 is 0.412 bits per heavy atom. The summed E-state index contributed by atoms with van der Waals surface area (Å²) >= 11 is 0. The quantitative estimate of drug-likeness (QED) is 0.290. The van der Waals surface area contributed by atoms with E-state index in [-0.39, 0.29) is 0 Å². The van der Waals surface area contributed by atoms with Crippen LogP contribution in [0.3, 0.4) is 0 Å². The van der Waals surface area contributed by atoms with Crippen LogP contribution >= 0.6 is 0 Å². The predicted molar refractivity (Wildman–Crippen MR) is 146 cm³/mol. The van der Waals surface area contributed by atoms with Gasteiger partial charge in [-0.3, -0.25) is 0 Å². The van der Waals surface area contributed by atoms with Crippen LogP contribution in [0.25, 0.3) is 21.5 Å². The zero-order valence-electron chi connectivity index (χ0n) is 18.7. The van der Waals surface area contributed by atoms with Crippen LogP contribution in [0.2, 0.25) is 0 Å². The lowest BCUT2D eigenvalue weighted by Gasteiger charge is -2.27. The number of anilines is 5. The van der Waals surface area contributed by atoms with E-state index < -0.39 is 0 Å². The molecule has 34 heavy (non-hydrogen) atoms. The van der Waals surface area contributed by atoms with Crippen molar-refractivity contribution in [2.45, 2.75) is 0 Å². The second-order valence-electron chi connectivity index (χ2n) is 8.40. The summed E-state index contributed by atoms with van der Waals surface area (Å²) in [5, 5.41) is 8.49. The molecule has 0 amide bonds. The minimum absolute atomic E-state index is 1.06. The average molecular weight is 437 g/mol. The van der Waals surface area contributed by atoms with Gasteiger partial charge in [-0.1, -0.05) is 84.9 Å². The third kappa shape index (κ3) is 3.87. The number of fused-ring (bicyclic) bond motifs is 2. The van der Waals surface area contributed by atoms with Crippen LogP contribution in [0.4, 0.5) is 28.4 Å². The maximum absolute atomic E-state index is 3.55. The van der Waals surface area contributed by atoms with E-state index in [1.165, 1.54) is 27.2 Å². The van der Waals surface area contributed by atoms with Crippen LogP contribution in [-0.2, 0) is 0 Å². The molecule has 0 atom stereocenters. The fraction of sp³-hybridized carbons (Fsp3) is 0. The summed E-state index contributed by atoms with van der Waals surface area (Å²) in [5.74, 6) is 0. The molecule has 0 saturated carbocycles. The van der Waals surface area contributed by atoms with Gasteiger partial charge >= 0.3 is 0 Å². The second-order valence-corrected chi connectivity index (χ2v) is 8.40. The van der Waals surface area contributed by atoms with Gasteiger partial charge in [0.1, 0.15) is 0 Å². The van der Waals surface area contributed by atoms with E-state index in [9.17, 15) is 0 Å². The SMILES string of the molecule is c1ccc(N(c2ccc(Nc3ccc4ccccc4c3)cc2)c2cccc3ccccc23)cc1. The summed E-state index contributed by atoms with van der Waals surface area (Å²) in [6.07, 6.45) is 0. The first-order valence-corrected chi connectivity index (χ1v) is 11.5. The van der Waals surface area contributed by atoms with E-state index in [4.69, 9.17) is 0 Å². The molecule has 0 aliphatic rings. The molecular formula is C32H24N2. The number of rotatable bonds is 5. The molecule has 6 rings (SSSR count). The molecule has 0 aliphatic carbocycles. The first-order chi connectivity index (χ1) is 16.8. The summed E-state index contributed by atoms with van der Waals surface area (Å²) < 4.78 is 0. The lowest BCUT2D eigenvalue weighted by atomic mass is 10.1. The van der Waals surface area contributed by atoms with E-state index in [0.29, 0.717) is 0 Å². The number of hydrogen-bond acceptors (Lipinski definition) is 2. The molecule has 6 aromatic rings. The smallest absolute Gasteiger partial charge is 0.0540 e. The van der Waals surface area contributed by atoms with Crippen molar-refractivity contribution < 1.29 is 0 Å². The molecule has 0 spiro atoms. The minimum atomic E-state index is 1.06. The third-order valence-corrected chi connectivity index (χ3v) is 6.19. The molecule has 2 nitrogen and oxygen atoms in total. The number of hydrogen-bond donors (Lipinski definition) is 1. The maximum atomic E-state index is 3.55. The molecule has 0 bridgehead atoms. The van der Waals surface area contributed by atoms with Crippen LogP contribution in [0, 0.1) is 0 Å². The summed E-state index contributed by atoms with van der Waals surface area (Å²) in [5.41, 5.74) is 5.56. The van der Waals surface area contributed by atoms with Crippen LogP contribution < -0.4 is 10.2 Å².